The molecular formula is C5H11NO2Si. The monoisotopic (exact) mass is 145 g/mol. The second-order valence-corrected chi connectivity index (χ2v) is 4.37. The molecule has 0 bridgehead atoms. The Kier molecular flexibility index (Phi) is 4.22. The lowest BCUT2D eigenvalue weighted by atomic mass is 10.7. The summed E-state index contributed by atoms with van der Waals surface area (Å²) in [6.07, 6.45) is 1.15. The number of carbonyl (C=O) groups excluding carboxylic acids is 1. The van der Waals surface area contributed by atoms with E-state index in [1.165, 1.54) is 6.08 Å². The molecule has 0 amide bonds. The third-order valence-electron chi connectivity index (χ3n) is 0.704. The smallest absolute Gasteiger partial charge is 0.237 e. The molecule has 0 rings (SSSR count). The number of hydrogen-bond donors (Lipinski definition) is 0. The van der Waals surface area contributed by atoms with Crippen molar-refractivity contribution in [1.82, 2.24) is 0 Å². The Labute approximate surface area is 56.5 Å². The highest BCUT2D eigenvalue weighted by Crippen LogP contribution is 1.93. The Hall–Kier alpha value is -0.443. The lowest BCUT2D eigenvalue weighted by Crippen LogP contribution is -2.15. The standard InChI is InChI=1S/C5H11NO2Si/c1-5(6-4-7)8-9(2)3/h5,9H,1-3H3. The van der Waals surface area contributed by atoms with Crippen molar-refractivity contribution in [3.63, 3.8) is 0 Å². The summed E-state index contributed by atoms with van der Waals surface area (Å²) in [6.45, 7) is 5.78. The van der Waals surface area contributed by atoms with E-state index in [1.54, 1.807) is 6.92 Å². The van der Waals surface area contributed by atoms with Crippen LogP contribution < -0.4 is 0 Å². The minimum atomic E-state index is -1.03. The molecule has 1 unspecified atom stereocenters. The largest absolute Gasteiger partial charge is 0.399 e. The van der Waals surface area contributed by atoms with Gasteiger partial charge in [0.15, 0.2) is 9.04 Å². The predicted octanol–water partition coefficient (Wildman–Crippen LogP) is 0.668. The SMILES string of the molecule is CC(N=C=O)O[SiH](C)C. The van der Waals surface area contributed by atoms with E-state index < -0.39 is 9.04 Å². The Morgan fingerprint density at radius 1 is 1.67 bits per heavy atom. The summed E-state index contributed by atoms with van der Waals surface area (Å²) in [5, 5.41) is 0. The molecule has 0 radical (unpaired) electrons. The number of hydrogen-bond acceptors (Lipinski definition) is 3. The van der Waals surface area contributed by atoms with E-state index in [1.807, 2.05) is 13.1 Å². The van der Waals surface area contributed by atoms with E-state index in [0.29, 0.717) is 0 Å². The minimum Gasteiger partial charge on any atom is -0.399 e. The maximum atomic E-state index is 9.64. The van der Waals surface area contributed by atoms with Gasteiger partial charge >= 0.3 is 0 Å². The van der Waals surface area contributed by atoms with E-state index in [-0.39, 0.29) is 6.23 Å². The van der Waals surface area contributed by atoms with Crippen LogP contribution in [0.3, 0.4) is 0 Å². The van der Waals surface area contributed by atoms with Crippen molar-refractivity contribution in [2.45, 2.75) is 26.2 Å². The molecule has 3 nitrogen and oxygen atoms in total. The zero-order valence-corrected chi connectivity index (χ0v) is 7.07. The molecule has 0 N–H and O–H groups in total. The molecule has 0 aromatic rings. The fourth-order valence-corrected chi connectivity index (χ4v) is 1.35. The second-order valence-electron chi connectivity index (χ2n) is 2.00. The molecule has 9 heavy (non-hydrogen) atoms. The summed E-state index contributed by atoms with van der Waals surface area (Å²) in [6, 6.07) is 0. The first-order valence-corrected chi connectivity index (χ1v) is 5.67. The summed E-state index contributed by atoms with van der Waals surface area (Å²) in [5.74, 6) is 0. The van der Waals surface area contributed by atoms with Crippen LogP contribution in [0.1, 0.15) is 6.92 Å². The van der Waals surface area contributed by atoms with Gasteiger partial charge in [0.25, 0.3) is 0 Å². The van der Waals surface area contributed by atoms with Gasteiger partial charge in [-0.05, 0) is 20.0 Å². The van der Waals surface area contributed by atoms with E-state index in [9.17, 15) is 4.79 Å². The van der Waals surface area contributed by atoms with E-state index in [0.717, 1.165) is 0 Å². The summed E-state index contributed by atoms with van der Waals surface area (Å²) in [7, 11) is -1.03. The van der Waals surface area contributed by atoms with Crippen LogP contribution in [0.15, 0.2) is 4.99 Å². The van der Waals surface area contributed by atoms with Crippen LogP contribution >= 0.6 is 0 Å². The maximum absolute atomic E-state index is 9.64. The van der Waals surface area contributed by atoms with Gasteiger partial charge in [0.1, 0.15) is 6.23 Å². The first-order chi connectivity index (χ1) is 4.16. The van der Waals surface area contributed by atoms with Crippen molar-refractivity contribution < 1.29 is 9.22 Å². The highest BCUT2D eigenvalue weighted by Gasteiger charge is 2.00. The normalized spacial score (nSPS) is 12.9. The maximum Gasteiger partial charge on any atom is 0.237 e. The fourth-order valence-electron chi connectivity index (χ4n) is 0.499. The van der Waals surface area contributed by atoms with Gasteiger partial charge in [0, 0.05) is 0 Å². The van der Waals surface area contributed by atoms with E-state index in [2.05, 4.69) is 4.99 Å². The van der Waals surface area contributed by atoms with Crippen LogP contribution in [0.5, 0.6) is 0 Å². The van der Waals surface area contributed by atoms with Crippen LogP contribution in [0.4, 0.5) is 0 Å². The first kappa shape index (κ1) is 8.56. The molecule has 0 aliphatic carbocycles. The van der Waals surface area contributed by atoms with Crippen molar-refractivity contribution in [3.8, 4) is 0 Å². The minimum absolute atomic E-state index is 0.297. The molecule has 0 aliphatic heterocycles. The van der Waals surface area contributed by atoms with Gasteiger partial charge in [0.05, 0.1) is 0 Å². The van der Waals surface area contributed by atoms with E-state index >= 15 is 0 Å². The van der Waals surface area contributed by atoms with Crippen molar-refractivity contribution in [1.29, 1.82) is 0 Å². The molecule has 0 spiro atoms. The molecule has 0 aromatic carbocycles. The molecule has 0 saturated heterocycles. The van der Waals surface area contributed by atoms with Crippen LogP contribution in [-0.2, 0) is 9.22 Å². The molecule has 0 saturated carbocycles. The number of aliphatic imine (C=N–C) groups is 1. The Balaban J connectivity index is 3.49. The molecular weight excluding hydrogens is 134 g/mol. The van der Waals surface area contributed by atoms with Gasteiger partial charge in [0.2, 0.25) is 6.08 Å². The molecule has 0 aromatic heterocycles. The van der Waals surface area contributed by atoms with Crippen LogP contribution in [-0.4, -0.2) is 21.3 Å². The number of isocyanates is 1. The topological polar surface area (TPSA) is 38.7 Å². The van der Waals surface area contributed by atoms with Gasteiger partial charge in [-0.2, -0.15) is 4.99 Å². The van der Waals surface area contributed by atoms with Gasteiger partial charge < -0.3 is 4.43 Å². The zero-order chi connectivity index (χ0) is 7.28. The van der Waals surface area contributed by atoms with Crippen LogP contribution in [0, 0.1) is 0 Å². The van der Waals surface area contributed by atoms with E-state index in [4.69, 9.17) is 4.43 Å². The first-order valence-electron chi connectivity index (χ1n) is 2.89. The summed E-state index contributed by atoms with van der Waals surface area (Å²) in [5.41, 5.74) is 0. The third kappa shape index (κ3) is 5.43. The van der Waals surface area contributed by atoms with Gasteiger partial charge in [-0.1, -0.05) is 0 Å². The molecule has 52 valence electrons. The molecule has 4 heteroatoms. The number of nitrogens with zero attached hydrogens (tertiary/aromatic N) is 1. The average Bonchev–Trinajstić information content (AvgIpc) is 1.63. The summed E-state index contributed by atoms with van der Waals surface area (Å²) >= 11 is 0. The predicted molar refractivity (Wildman–Crippen MR) is 37.5 cm³/mol. The summed E-state index contributed by atoms with van der Waals surface area (Å²) in [4.78, 5) is 13.0. The van der Waals surface area contributed by atoms with Crippen LogP contribution in [0.25, 0.3) is 0 Å². The van der Waals surface area contributed by atoms with Crippen molar-refractivity contribution in [2.75, 3.05) is 0 Å². The Bertz CT molecular complexity index is 120. The number of rotatable bonds is 3. The highest BCUT2D eigenvalue weighted by molar-refractivity contribution is 6.48. The molecule has 0 aliphatic rings. The summed E-state index contributed by atoms with van der Waals surface area (Å²) < 4.78 is 5.20. The Morgan fingerprint density at radius 2 is 2.22 bits per heavy atom. The van der Waals surface area contributed by atoms with Gasteiger partial charge in [-0.25, -0.2) is 4.79 Å². The second kappa shape index (κ2) is 4.44. The molecule has 0 heterocycles. The van der Waals surface area contributed by atoms with Crippen molar-refractivity contribution in [3.05, 3.63) is 0 Å². The highest BCUT2D eigenvalue weighted by atomic mass is 28.3. The van der Waals surface area contributed by atoms with Gasteiger partial charge in [-0.3, -0.25) is 0 Å². The molecule has 1 atom stereocenters. The van der Waals surface area contributed by atoms with Crippen molar-refractivity contribution in [2.24, 2.45) is 4.99 Å². The van der Waals surface area contributed by atoms with Crippen molar-refractivity contribution >= 4 is 15.1 Å². The van der Waals surface area contributed by atoms with Crippen LogP contribution in [0.2, 0.25) is 13.1 Å². The Morgan fingerprint density at radius 3 is 2.56 bits per heavy atom. The average molecular weight is 145 g/mol. The third-order valence-corrected chi connectivity index (χ3v) is 1.64. The fraction of sp³-hybridized carbons (Fsp3) is 0.800. The molecule has 0 fully saturated rings. The van der Waals surface area contributed by atoms with Gasteiger partial charge in [-0.15, -0.1) is 0 Å². The zero-order valence-electron chi connectivity index (χ0n) is 5.92. The quantitative estimate of drug-likeness (QED) is 0.332. The lowest BCUT2D eigenvalue weighted by Gasteiger charge is -2.07. The lowest BCUT2D eigenvalue weighted by molar-refractivity contribution is 0.236.